The Bertz CT molecular complexity index is 434. The van der Waals surface area contributed by atoms with Crippen LogP contribution in [0.1, 0.15) is 144 Å². The van der Waals surface area contributed by atoms with E-state index < -0.39 is 0 Å². The molecule has 1 fully saturated rings. The van der Waals surface area contributed by atoms with Crippen LogP contribution in [0.25, 0.3) is 0 Å². The molecule has 0 N–H and O–H groups in total. The predicted octanol–water partition coefficient (Wildman–Crippen LogP) is 10.7. The van der Waals surface area contributed by atoms with E-state index in [1.165, 1.54) is 19.3 Å². The minimum absolute atomic E-state index is 0.286. The van der Waals surface area contributed by atoms with Gasteiger partial charge in [-0.05, 0) is 58.7 Å². The molecule has 2 atom stereocenters. The summed E-state index contributed by atoms with van der Waals surface area (Å²) in [6.45, 7) is 42.6. The SMILES string of the molecule is CC(C)(C)C(C)(C)C.CC(C)(C)C1CCOCC1.CC[C@H](C)C(C)(C)C.CO[C@H](C)C(C)(C)C. The first-order chi connectivity index (χ1) is 14.8. The first-order valence-electron chi connectivity index (χ1n) is 13.9. The summed E-state index contributed by atoms with van der Waals surface area (Å²) in [6.07, 6.45) is 4.15. The number of methoxy groups -OCH3 is 1. The van der Waals surface area contributed by atoms with Crippen molar-refractivity contribution in [1.29, 1.82) is 0 Å². The van der Waals surface area contributed by atoms with Gasteiger partial charge in [-0.25, -0.2) is 0 Å². The Morgan fingerprint density at radius 3 is 1.12 bits per heavy atom. The zero-order valence-electron chi connectivity index (χ0n) is 27.6. The maximum absolute atomic E-state index is 5.29. The van der Waals surface area contributed by atoms with Crippen LogP contribution in [0.3, 0.4) is 0 Å². The average molecular weight is 487 g/mol. The van der Waals surface area contributed by atoms with E-state index in [9.17, 15) is 0 Å². The Labute approximate surface area is 218 Å². The molecule has 34 heavy (non-hydrogen) atoms. The molecule has 210 valence electrons. The zero-order chi connectivity index (χ0) is 28.2. The van der Waals surface area contributed by atoms with Crippen molar-refractivity contribution in [1.82, 2.24) is 0 Å². The monoisotopic (exact) mass is 487 g/mol. The Balaban J connectivity index is -0.000000380. The van der Waals surface area contributed by atoms with E-state index in [-0.39, 0.29) is 5.41 Å². The molecule has 1 saturated heterocycles. The van der Waals surface area contributed by atoms with E-state index in [0.29, 0.717) is 27.8 Å². The highest BCUT2D eigenvalue weighted by atomic mass is 16.5. The summed E-state index contributed by atoms with van der Waals surface area (Å²) in [6, 6.07) is 0. The minimum atomic E-state index is 0.286. The Kier molecular flexibility index (Phi) is 18.0. The van der Waals surface area contributed by atoms with Gasteiger partial charge >= 0.3 is 0 Å². The molecular weight excluding hydrogens is 416 g/mol. The molecule has 0 bridgehead atoms. The zero-order valence-corrected chi connectivity index (χ0v) is 27.6. The van der Waals surface area contributed by atoms with Crippen molar-refractivity contribution in [2.24, 2.45) is 38.9 Å². The van der Waals surface area contributed by atoms with Crippen LogP contribution in [0.4, 0.5) is 0 Å². The van der Waals surface area contributed by atoms with E-state index in [2.05, 4.69) is 125 Å². The number of hydrogen-bond acceptors (Lipinski definition) is 2. The Morgan fingerprint density at radius 1 is 0.676 bits per heavy atom. The van der Waals surface area contributed by atoms with Gasteiger partial charge in [-0.3, -0.25) is 0 Å². The molecule has 0 aromatic rings. The second-order valence-electron chi connectivity index (χ2n) is 15.7. The summed E-state index contributed by atoms with van der Waals surface area (Å²) in [5.74, 6) is 1.73. The van der Waals surface area contributed by atoms with Gasteiger partial charge in [0.2, 0.25) is 0 Å². The molecule has 0 spiro atoms. The lowest BCUT2D eigenvalue weighted by atomic mass is 9.71. The van der Waals surface area contributed by atoms with Crippen LogP contribution in [0, 0.1) is 38.9 Å². The van der Waals surface area contributed by atoms with Crippen molar-refractivity contribution in [2.75, 3.05) is 20.3 Å². The van der Waals surface area contributed by atoms with E-state index in [4.69, 9.17) is 9.47 Å². The first kappa shape index (κ1) is 38.5. The van der Waals surface area contributed by atoms with Crippen LogP contribution in [0.15, 0.2) is 0 Å². The van der Waals surface area contributed by atoms with Crippen LogP contribution in [-0.4, -0.2) is 26.4 Å². The molecule has 1 heterocycles. The molecule has 1 aliphatic heterocycles. The lowest BCUT2D eigenvalue weighted by Gasteiger charge is -2.34. The smallest absolute Gasteiger partial charge is 0.0591 e. The quantitative estimate of drug-likeness (QED) is 0.386. The second-order valence-corrected chi connectivity index (χ2v) is 15.7. The first-order valence-corrected chi connectivity index (χ1v) is 13.9. The fraction of sp³-hybridized carbons (Fsp3) is 1.00. The normalized spacial score (nSPS) is 17.7. The van der Waals surface area contributed by atoms with Crippen molar-refractivity contribution >= 4 is 0 Å². The molecule has 0 saturated carbocycles. The summed E-state index contributed by atoms with van der Waals surface area (Å²) >= 11 is 0. The highest BCUT2D eigenvalue weighted by Crippen LogP contribution is 2.36. The summed E-state index contributed by atoms with van der Waals surface area (Å²) in [7, 11) is 1.75. The minimum Gasteiger partial charge on any atom is -0.381 e. The second kappa shape index (κ2) is 15.9. The highest BCUT2D eigenvalue weighted by molar-refractivity contribution is 4.77. The molecule has 0 aliphatic carbocycles. The van der Waals surface area contributed by atoms with Crippen molar-refractivity contribution in [3.05, 3.63) is 0 Å². The standard InChI is InChI=1S/C9H18O.2C8H18.C7H16O/c1-9(2,3)8-4-6-10-7-5-8;1-7(2,3)8(4,5)6;1-6-7(2)8(3,4)5;1-6(8-5)7(2,3)4/h8H,4-7H2,1-3H3;1-6H3;7H,6H2,1-5H3;6H,1-5H3/t;;7-;6-/m..01/s1. The number of ether oxygens (including phenoxy) is 2. The highest BCUT2D eigenvalue weighted by Gasteiger charge is 2.27. The largest absolute Gasteiger partial charge is 0.381 e. The predicted molar refractivity (Wildman–Crippen MR) is 157 cm³/mol. The molecule has 0 radical (unpaired) electrons. The Hall–Kier alpha value is -0.0800. The van der Waals surface area contributed by atoms with Gasteiger partial charge in [-0.1, -0.05) is 124 Å². The number of hydrogen-bond donors (Lipinski definition) is 0. The van der Waals surface area contributed by atoms with Gasteiger partial charge in [-0.2, -0.15) is 0 Å². The molecule has 0 amide bonds. The summed E-state index contributed by atoms with van der Waals surface area (Å²) in [5, 5.41) is 0. The van der Waals surface area contributed by atoms with Gasteiger partial charge in [0.1, 0.15) is 0 Å². The molecule has 2 heteroatoms. The van der Waals surface area contributed by atoms with Crippen LogP contribution in [-0.2, 0) is 9.47 Å². The number of rotatable bonds is 2. The van der Waals surface area contributed by atoms with Gasteiger partial charge in [0.25, 0.3) is 0 Å². The maximum atomic E-state index is 5.29. The third-order valence-electron chi connectivity index (χ3n) is 8.36. The summed E-state index contributed by atoms with van der Waals surface area (Å²) in [4.78, 5) is 0. The molecule has 0 aromatic heterocycles. The third kappa shape index (κ3) is 20.1. The summed E-state index contributed by atoms with van der Waals surface area (Å²) in [5.41, 5.74) is 2.16. The molecule has 1 rings (SSSR count). The lowest BCUT2D eigenvalue weighted by molar-refractivity contribution is 0.0286. The molecule has 0 aromatic carbocycles. The third-order valence-corrected chi connectivity index (χ3v) is 8.36. The average Bonchev–Trinajstić information content (AvgIpc) is 2.65. The maximum Gasteiger partial charge on any atom is 0.0591 e. The van der Waals surface area contributed by atoms with E-state index in [0.717, 1.165) is 25.0 Å². The van der Waals surface area contributed by atoms with E-state index in [1.54, 1.807) is 7.11 Å². The van der Waals surface area contributed by atoms with Crippen LogP contribution < -0.4 is 0 Å². The van der Waals surface area contributed by atoms with E-state index in [1.807, 2.05) is 0 Å². The van der Waals surface area contributed by atoms with Crippen molar-refractivity contribution in [3.63, 3.8) is 0 Å². The van der Waals surface area contributed by atoms with E-state index >= 15 is 0 Å². The molecular formula is C32H70O2. The summed E-state index contributed by atoms with van der Waals surface area (Å²) < 4.78 is 10.4. The Morgan fingerprint density at radius 2 is 1.03 bits per heavy atom. The molecule has 1 aliphatic rings. The molecule has 2 nitrogen and oxygen atoms in total. The van der Waals surface area contributed by atoms with Crippen LogP contribution in [0.2, 0.25) is 0 Å². The van der Waals surface area contributed by atoms with Gasteiger partial charge < -0.3 is 9.47 Å². The molecule has 0 unspecified atom stereocenters. The van der Waals surface area contributed by atoms with Crippen LogP contribution >= 0.6 is 0 Å². The van der Waals surface area contributed by atoms with Crippen molar-refractivity contribution in [3.8, 4) is 0 Å². The fourth-order valence-electron chi connectivity index (χ4n) is 2.53. The van der Waals surface area contributed by atoms with Gasteiger partial charge in [-0.15, -0.1) is 0 Å². The van der Waals surface area contributed by atoms with Crippen molar-refractivity contribution < 1.29 is 9.47 Å². The van der Waals surface area contributed by atoms with Gasteiger partial charge in [0.05, 0.1) is 6.10 Å². The van der Waals surface area contributed by atoms with Gasteiger partial charge in [0, 0.05) is 20.3 Å². The lowest BCUT2D eigenvalue weighted by Crippen LogP contribution is -2.27. The van der Waals surface area contributed by atoms with Gasteiger partial charge in [0.15, 0.2) is 0 Å². The topological polar surface area (TPSA) is 18.5 Å². The van der Waals surface area contributed by atoms with Crippen LogP contribution in [0.5, 0.6) is 0 Å². The van der Waals surface area contributed by atoms with Crippen molar-refractivity contribution in [2.45, 2.75) is 150 Å². The fourth-order valence-corrected chi connectivity index (χ4v) is 2.53.